The molecule has 0 amide bonds. The van der Waals surface area contributed by atoms with Crippen molar-refractivity contribution >= 4 is 26.4 Å². The summed E-state index contributed by atoms with van der Waals surface area (Å²) in [5.74, 6) is 0.622. The molecule has 0 spiro atoms. The van der Waals surface area contributed by atoms with Crippen molar-refractivity contribution in [2.45, 2.75) is 40.5 Å². The van der Waals surface area contributed by atoms with Crippen molar-refractivity contribution in [3.05, 3.63) is 10.7 Å². The van der Waals surface area contributed by atoms with E-state index in [-0.39, 0.29) is 5.75 Å². The van der Waals surface area contributed by atoms with E-state index in [4.69, 9.17) is 0 Å². The van der Waals surface area contributed by atoms with E-state index in [1.807, 2.05) is 13.8 Å². The molecular formula is C11H20N2O2S2. The normalized spacial score (nSPS) is 12.1. The topological polar surface area (TPSA) is 59.1 Å². The zero-order chi connectivity index (χ0) is 13.1. The number of hydrogen-bond donors (Lipinski definition) is 1. The molecule has 0 atom stereocenters. The second kappa shape index (κ2) is 5.82. The Morgan fingerprint density at radius 3 is 2.59 bits per heavy atom. The van der Waals surface area contributed by atoms with Crippen LogP contribution in [0.3, 0.4) is 0 Å². The molecule has 0 aliphatic rings. The van der Waals surface area contributed by atoms with Crippen LogP contribution in [0.1, 0.15) is 37.9 Å². The van der Waals surface area contributed by atoms with Crippen LogP contribution in [0.4, 0.5) is 5.00 Å². The SMILES string of the molecule is CCCS(=O)(=O)Nc1sc(C)nc1CC(C)C. The van der Waals surface area contributed by atoms with Crippen LogP contribution in [-0.2, 0) is 16.4 Å². The van der Waals surface area contributed by atoms with Gasteiger partial charge in [-0.1, -0.05) is 20.8 Å². The fourth-order valence-electron chi connectivity index (χ4n) is 1.54. The Kier molecular flexibility index (Phi) is 4.94. The van der Waals surface area contributed by atoms with Gasteiger partial charge in [0.05, 0.1) is 16.5 Å². The van der Waals surface area contributed by atoms with Crippen LogP contribution < -0.4 is 4.72 Å². The number of hydrogen-bond acceptors (Lipinski definition) is 4. The highest BCUT2D eigenvalue weighted by atomic mass is 32.2. The maximum atomic E-state index is 11.7. The molecule has 1 aromatic rings. The summed E-state index contributed by atoms with van der Waals surface area (Å²) in [7, 11) is -3.21. The maximum Gasteiger partial charge on any atom is 0.233 e. The van der Waals surface area contributed by atoms with E-state index < -0.39 is 10.0 Å². The van der Waals surface area contributed by atoms with Crippen molar-refractivity contribution in [1.29, 1.82) is 0 Å². The second-order valence-corrected chi connectivity index (χ2v) is 7.57. The van der Waals surface area contributed by atoms with E-state index in [2.05, 4.69) is 23.6 Å². The van der Waals surface area contributed by atoms with Crippen LogP contribution in [-0.4, -0.2) is 19.2 Å². The minimum Gasteiger partial charge on any atom is -0.273 e. The summed E-state index contributed by atoms with van der Waals surface area (Å²) in [4.78, 5) is 4.39. The molecule has 0 radical (unpaired) electrons. The molecule has 0 saturated carbocycles. The van der Waals surface area contributed by atoms with Gasteiger partial charge in [0, 0.05) is 0 Å². The maximum absolute atomic E-state index is 11.7. The summed E-state index contributed by atoms with van der Waals surface area (Å²) >= 11 is 1.41. The molecule has 4 nitrogen and oxygen atoms in total. The third-order valence-corrected chi connectivity index (χ3v) is 4.65. The van der Waals surface area contributed by atoms with Crippen molar-refractivity contribution in [3.63, 3.8) is 0 Å². The summed E-state index contributed by atoms with van der Waals surface area (Å²) < 4.78 is 26.1. The molecule has 0 unspecified atom stereocenters. The molecule has 98 valence electrons. The monoisotopic (exact) mass is 276 g/mol. The third kappa shape index (κ3) is 4.63. The smallest absolute Gasteiger partial charge is 0.233 e. The molecule has 0 fully saturated rings. The molecule has 6 heteroatoms. The quantitative estimate of drug-likeness (QED) is 0.869. The van der Waals surface area contributed by atoms with Gasteiger partial charge in [-0.2, -0.15) is 0 Å². The average Bonchev–Trinajstić information content (AvgIpc) is 2.43. The van der Waals surface area contributed by atoms with Crippen LogP contribution in [0, 0.1) is 12.8 Å². The van der Waals surface area contributed by atoms with E-state index in [9.17, 15) is 8.42 Å². The van der Waals surface area contributed by atoms with Gasteiger partial charge in [-0.3, -0.25) is 4.72 Å². The van der Waals surface area contributed by atoms with Crippen LogP contribution in [0.2, 0.25) is 0 Å². The van der Waals surface area contributed by atoms with Crippen LogP contribution in [0.5, 0.6) is 0 Å². The Labute approximate surface area is 108 Å². The average molecular weight is 276 g/mol. The van der Waals surface area contributed by atoms with Crippen molar-refractivity contribution in [2.75, 3.05) is 10.5 Å². The van der Waals surface area contributed by atoms with E-state index >= 15 is 0 Å². The lowest BCUT2D eigenvalue weighted by Crippen LogP contribution is -2.16. The molecule has 1 aromatic heterocycles. The lowest BCUT2D eigenvalue weighted by Gasteiger charge is -2.07. The summed E-state index contributed by atoms with van der Waals surface area (Å²) in [5.41, 5.74) is 0.863. The molecule has 1 heterocycles. The Morgan fingerprint density at radius 1 is 1.41 bits per heavy atom. The van der Waals surface area contributed by atoms with Gasteiger partial charge in [-0.15, -0.1) is 11.3 Å². The minimum absolute atomic E-state index is 0.158. The summed E-state index contributed by atoms with van der Waals surface area (Å²) in [5, 5.41) is 1.58. The standard InChI is InChI=1S/C11H20N2O2S2/c1-5-6-17(14,15)13-11-10(7-8(2)3)12-9(4)16-11/h8,13H,5-7H2,1-4H3. The highest BCUT2D eigenvalue weighted by molar-refractivity contribution is 7.92. The predicted molar refractivity (Wildman–Crippen MR) is 73.1 cm³/mol. The van der Waals surface area contributed by atoms with Crippen LogP contribution in [0.25, 0.3) is 0 Å². The fraction of sp³-hybridized carbons (Fsp3) is 0.727. The molecular weight excluding hydrogens is 256 g/mol. The fourth-order valence-corrected chi connectivity index (χ4v) is 3.82. The van der Waals surface area contributed by atoms with Gasteiger partial charge in [-0.25, -0.2) is 13.4 Å². The van der Waals surface area contributed by atoms with E-state index in [1.165, 1.54) is 11.3 Å². The van der Waals surface area contributed by atoms with Crippen molar-refractivity contribution < 1.29 is 8.42 Å². The molecule has 17 heavy (non-hydrogen) atoms. The lowest BCUT2D eigenvalue weighted by atomic mass is 10.1. The van der Waals surface area contributed by atoms with Crippen LogP contribution in [0.15, 0.2) is 0 Å². The molecule has 0 aliphatic heterocycles. The highest BCUT2D eigenvalue weighted by Gasteiger charge is 2.16. The second-order valence-electron chi connectivity index (χ2n) is 4.53. The van der Waals surface area contributed by atoms with E-state index in [1.54, 1.807) is 0 Å². The van der Waals surface area contributed by atoms with Gasteiger partial charge in [0.2, 0.25) is 10.0 Å². The largest absolute Gasteiger partial charge is 0.273 e. The number of aromatic nitrogens is 1. The lowest BCUT2D eigenvalue weighted by molar-refractivity contribution is 0.599. The first-order valence-corrected chi connectivity index (χ1v) is 8.27. The number of thiazole rings is 1. The van der Waals surface area contributed by atoms with Crippen molar-refractivity contribution in [1.82, 2.24) is 4.98 Å². The number of rotatable bonds is 6. The van der Waals surface area contributed by atoms with Gasteiger partial charge >= 0.3 is 0 Å². The van der Waals surface area contributed by atoms with Crippen molar-refractivity contribution in [2.24, 2.45) is 5.92 Å². The first-order valence-electron chi connectivity index (χ1n) is 5.81. The Hall–Kier alpha value is -0.620. The first kappa shape index (κ1) is 14.4. The van der Waals surface area contributed by atoms with Crippen molar-refractivity contribution in [3.8, 4) is 0 Å². The van der Waals surface area contributed by atoms with Gasteiger partial charge in [0.25, 0.3) is 0 Å². The van der Waals surface area contributed by atoms with Crippen LogP contribution >= 0.6 is 11.3 Å². The Balaban J connectivity index is 2.90. The molecule has 0 bridgehead atoms. The minimum atomic E-state index is -3.21. The zero-order valence-corrected chi connectivity index (χ0v) is 12.4. The zero-order valence-electron chi connectivity index (χ0n) is 10.8. The van der Waals surface area contributed by atoms with E-state index in [0.717, 1.165) is 17.1 Å². The highest BCUT2D eigenvalue weighted by Crippen LogP contribution is 2.27. The molecule has 0 aromatic carbocycles. The molecule has 0 aliphatic carbocycles. The number of sulfonamides is 1. The molecule has 1 rings (SSSR count). The first-order chi connectivity index (χ1) is 7.84. The number of nitrogens with one attached hydrogen (secondary N) is 1. The summed E-state index contributed by atoms with van der Waals surface area (Å²) in [6, 6.07) is 0. The van der Waals surface area contributed by atoms with Gasteiger partial charge < -0.3 is 0 Å². The molecule has 1 N–H and O–H groups in total. The number of anilines is 1. The Morgan fingerprint density at radius 2 is 2.06 bits per heavy atom. The van der Waals surface area contributed by atoms with E-state index in [0.29, 0.717) is 17.3 Å². The third-order valence-electron chi connectivity index (χ3n) is 2.13. The van der Waals surface area contributed by atoms with Gasteiger partial charge in [0.15, 0.2) is 0 Å². The number of aryl methyl sites for hydroxylation is 1. The van der Waals surface area contributed by atoms with Gasteiger partial charge in [-0.05, 0) is 25.7 Å². The predicted octanol–water partition coefficient (Wildman–Crippen LogP) is 2.80. The summed E-state index contributed by atoms with van der Waals surface area (Å²) in [6.07, 6.45) is 1.42. The van der Waals surface area contributed by atoms with Gasteiger partial charge in [0.1, 0.15) is 5.00 Å². The molecule has 0 saturated heterocycles. The number of nitrogens with zero attached hydrogens (tertiary/aromatic N) is 1. The Bertz CT molecular complexity index is 464. The summed E-state index contributed by atoms with van der Waals surface area (Å²) in [6.45, 7) is 7.94.